The average molecular weight is 348 g/mol. The second kappa shape index (κ2) is 8.43. The number of methoxy groups -OCH3 is 3. The monoisotopic (exact) mass is 348 g/mol. The lowest BCUT2D eigenvalue weighted by Gasteiger charge is -2.19. The fourth-order valence-electron chi connectivity index (χ4n) is 3.10. The third-order valence-electron chi connectivity index (χ3n) is 4.64. The highest BCUT2D eigenvalue weighted by molar-refractivity contribution is 5.40. The lowest BCUT2D eigenvalue weighted by atomic mass is 9.86. The summed E-state index contributed by atoms with van der Waals surface area (Å²) in [5.74, 6) is 2.86. The Bertz CT molecular complexity index is 758. The van der Waals surface area contributed by atoms with Crippen LogP contribution < -0.4 is 14.2 Å². The van der Waals surface area contributed by atoms with Crippen LogP contribution in [0.1, 0.15) is 22.6 Å². The first-order valence-electron chi connectivity index (χ1n) is 8.64. The Morgan fingerprint density at radius 3 is 1.23 bits per heavy atom. The molecule has 3 rings (SSSR count). The van der Waals surface area contributed by atoms with Crippen molar-refractivity contribution in [2.75, 3.05) is 21.3 Å². The molecule has 0 aliphatic carbocycles. The Morgan fingerprint density at radius 2 is 0.885 bits per heavy atom. The van der Waals surface area contributed by atoms with Crippen molar-refractivity contribution in [3.63, 3.8) is 0 Å². The topological polar surface area (TPSA) is 27.7 Å². The minimum atomic E-state index is 0.250. The predicted molar refractivity (Wildman–Crippen MR) is 105 cm³/mol. The van der Waals surface area contributed by atoms with Gasteiger partial charge in [-0.15, -0.1) is 0 Å². The highest BCUT2D eigenvalue weighted by atomic mass is 16.5. The van der Waals surface area contributed by atoms with Crippen LogP contribution in [0.3, 0.4) is 0 Å². The van der Waals surface area contributed by atoms with Crippen LogP contribution in [0.5, 0.6) is 17.2 Å². The van der Waals surface area contributed by atoms with E-state index in [0.29, 0.717) is 0 Å². The first-order chi connectivity index (χ1) is 12.7. The summed E-state index contributed by atoms with van der Waals surface area (Å²) < 4.78 is 15.9. The summed E-state index contributed by atoms with van der Waals surface area (Å²) >= 11 is 0. The highest BCUT2D eigenvalue weighted by Gasteiger charge is 2.16. The van der Waals surface area contributed by atoms with E-state index in [0.717, 1.165) is 23.7 Å². The fourth-order valence-corrected chi connectivity index (χ4v) is 3.10. The van der Waals surface area contributed by atoms with E-state index in [2.05, 4.69) is 36.4 Å². The van der Waals surface area contributed by atoms with Gasteiger partial charge in [0.2, 0.25) is 0 Å². The number of ether oxygens (including phenoxy) is 3. The Morgan fingerprint density at radius 1 is 0.538 bits per heavy atom. The van der Waals surface area contributed by atoms with Crippen LogP contribution in [0.15, 0.2) is 72.8 Å². The molecule has 3 nitrogen and oxygen atoms in total. The number of benzene rings is 3. The van der Waals surface area contributed by atoms with Gasteiger partial charge in [0, 0.05) is 5.92 Å². The molecule has 0 aromatic heterocycles. The molecule has 0 N–H and O–H groups in total. The van der Waals surface area contributed by atoms with Crippen LogP contribution in [0.2, 0.25) is 0 Å². The Hall–Kier alpha value is -2.94. The molecule has 0 aliphatic heterocycles. The Kier molecular flexibility index (Phi) is 5.80. The van der Waals surface area contributed by atoms with Gasteiger partial charge in [-0.05, 0) is 59.5 Å². The van der Waals surface area contributed by atoms with E-state index in [1.807, 2.05) is 36.4 Å². The molecule has 0 fully saturated rings. The molecule has 0 saturated heterocycles. The molecule has 26 heavy (non-hydrogen) atoms. The zero-order chi connectivity index (χ0) is 18.4. The van der Waals surface area contributed by atoms with Crippen LogP contribution in [-0.4, -0.2) is 21.3 Å². The summed E-state index contributed by atoms with van der Waals surface area (Å²) in [6, 6.07) is 24.9. The van der Waals surface area contributed by atoms with Crippen molar-refractivity contribution in [3.8, 4) is 17.2 Å². The van der Waals surface area contributed by atoms with Crippen LogP contribution in [0.4, 0.5) is 0 Å². The highest BCUT2D eigenvalue weighted by Crippen LogP contribution is 2.31. The minimum Gasteiger partial charge on any atom is -0.497 e. The molecule has 134 valence electrons. The van der Waals surface area contributed by atoms with E-state index in [4.69, 9.17) is 14.2 Å². The summed E-state index contributed by atoms with van der Waals surface area (Å²) in [5.41, 5.74) is 3.78. The van der Waals surface area contributed by atoms with Gasteiger partial charge in [0.25, 0.3) is 0 Å². The van der Waals surface area contributed by atoms with Crippen LogP contribution in [0.25, 0.3) is 0 Å². The van der Waals surface area contributed by atoms with Gasteiger partial charge in [0.05, 0.1) is 21.3 Å². The molecule has 0 unspecified atom stereocenters. The zero-order valence-electron chi connectivity index (χ0n) is 15.4. The maximum atomic E-state index is 5.30. The van der Waals surface area contributed by atoms with Crippen molar-refractivity contribution in [1.29, 1.82) is 0 Å². The lowest BCUT2D eigenvalue weighted by molar-refractivity contribution is 0.414. The van der Waals surface area contributed by atoms with E-state index in [-0.39, 0.29) is 5.92 Å². The molecule has 3 aromatic rings. The van der Waals surface area contributed by atoms with Gasteiger partial charge >= 0.3 is 0 Å². The molecule has 3 heteroatoms. The molecular weight excluding hydrogens is 324 g/mol. The number of hydrogen-bond acceptors (Lipinski definition) is 3. The molecule has 3 aromatic carbocycles. The van der Waals surface area contributed by atoms with Crippen molar-refractivity contribution < 1.29 is 14.2 Å². The first kappa shape index (κ1) is 17.9. The first-order valence-corrected chi connectivity index (χ1v) is 8.64. The Labute approximate surface area is 155 Å². The predicted octanol–water partition coefficient (Wildman–Crippen LogP) is 5.09. The molecule has 0 heterocycles. The van der Waals surface area contributed by atoms with Crippen LogP contribution in [-0.2, 0) is 6.42 Å². The molecule has 0 atom stereocenters. The molecule has 0 bridgehead atoms. The van der Waals surface area contributed by atoms with Gasteiger partial charge in [0.15, 0.2) is 0 Å². The maximum absolute atomic E-state index is 5.30. The van der Waals surface area contributed by atoms with Crippen LogP contribution in [0, 0.1) is 0 Å². The van der Waals surface area contributed by atoms with Gasteiger partial charge in [-0.3, -0.25) is 0 Å². The lowest BCUT2D eigenvalue weighted by Crippen LogP contribution is -2.05. The van der Waals surface area contributed by atoms with E-state index in [1.54, 1.807) is 21.3 Å². The second-order valence-corrected chi connectivity index (χ2v) is 6.15. The molecule has 0 aliphatic rings. The largest absolute Gasteiger partial charge is 0.497 e. The fraction of sp³-hybridized carbons (Fsp3) is 0.217. The number of hydrogen-bond donors (Lipinski definition) is 0. The summed E-state index contributed by atoms with van der Waals surface area (Å²) in [7, 11) is 5.06. The molecular formula is C23H24O3. The third-order valence-corrected chi connectivity index (χ3v) is 4.64. The van der Waals surface area contributed by atoms with E-state index >= 15 is 0 Å². The normalized spacial score (nSPS) is 10.6. The van der Waals surface area contributed by atoms with Crippen molar-refractivity contribution in [2.24, 2.45) is 0 Å². The molecule has 0 saturated carbocycles. The quantitative estimate of drug-likeness (QED) is 0.595. The average Bonchev–Trinajstić information content (AvgIpc) is 2.73. The zero-order valence-corrected chi connectivity index (χ0v) is 15.4. The smallest absolute Gasteiger partial charge is 0.118 e. The SMILES string of the molecule is COc1ccc(CC(c2ccc(OC)cc2)c2ccc(OC)cc2)cc1. The molecule has 0 radical (unpaired) electrons. The second-order valence-electron chi connectivity index (χ2n) is 6.15. The van der Waals surface area contributed by atoms with Gasteiger partial charge in [-0.2, -0.15) is 0 Å². The van der Waals surface area contributed by atoms with Gasteiger partial charge in [0.1, 0.15) is 17.2 Å². The molecule has 0 spiro atoms. The van der Waals surface area contributed by atoms with Gasteiger partial charge in [-0.25, -0.2) is 0 Å². The van der Waals surface area contributed by atoms with Gasteiger partial charge in [-0.1, -0.05) is 36.4 Å². The maximum Gasteiger partial charge on any atom is 0.118 e. The van der Waals surface area contributed by atoms with Crippen molar-refractivity contribution in [1.82, 2.24) is 0 Å². The summed E-state index contributed by atoms with van der Waals surface area (Å²) in [4.78, 5) is 0. The minimum absolute atomic E-state index is 0.250. The third kappa shape index (κ3) is 4.17. The summed E-state index contributed by atoms with van der Waals surface area (Å²) in [5, 5.41) is 0. The van der Waals surface area contributed by atoms with Crippen LogP contribution >= 0.6 is 0 Å². The van der Waals surface area contributed by atoms with Crippen molar-refractivity contribution in [2.45, 2.75) is 12.3 Å². The van der Waals surface area contributed by atoms with E-state index < -0.39 is 0 Å². The summed E-state index contributed by atoms with van der Waals surface area (Å²) in [6.07, 6.45) is 0.905. The molecule has 0 amide bonds. The van der Waals surface area contributed by atoms with E-state index in [1.165, 1.54) is 16.7 Å². The summed E-state index contributed by atoms with van der Waals surface area (Å²) in [6.45, 7) is 0. The van der Waals surface area contributed by atoms with Crippen molar-refractivity contribution in [3.05, 3.63) is 89.5 Å². The number of rotatable bonds is 7. The standard InChI is InChI=1S/C23H24O3/c1-24-20-10-4-17(5-11-20)16-23(18-6-12-21(25-2)13-7-18)19-8-14-22(26-3)15-9-19/h4-15,23H,16H2,1-3H3. The van der Waals surface area contributed by atoms with E-state index in [9.17, 15) is 0 Å². The van der Waals surface area contributed by atoms with Crippen molar-refractivity contribution >= 4 is 0 Å². The van der Waals surface area contributed by atoms with Gasteiger partial charge < -0.3 is 14.2 Å². The Balaban J connectivity index is 1.93.